The van der Waals surface area contributed by atoms with Crippen molar-refractivity contribution in [3.8, 4) is 0 Å². The van der Waals surface area contributed by atoms with Crippen molar-refractivity contribution < 1.29 is 19.1 Å². The molecule has 15 heavy (non-hydrogen) atoms. The minimum atomic E-state index is -1.16. The maximum atomic E-state index is 11.4. The van der Waals surface area contributed by atoms with Crippen LogP contribution < -0.4 is 0 Å². The zero-order chi connectivity index (χ0) is 11.8. The molecule has 0 rings (SSSR count). The molecule has 0 aromatic heterocycles. The fraction of sp³-hybridized carbons (Fsp3) is 0.600. The molecule has 0 aliphatic rings. The summed E-state index contributed by atoms with van der Waals surface area (Å²) in [6.45, 7) is 5.34. The number of halogens is 1. The van der Waals surface area contributed by atoms with Crippen molar-refractivity contribution in [2.24, 2.45) is 5.92 Å². The molecule has 0 amide bonds. The Morgan fingerprint density at radius 3 is 1.87 bits per heavy atom. The molecular weight excluding hydrogens is 220 g/mol. The highest BCUT2D eigenvalue weighted by atomic mass is 35.5. The molecule has 0 aliphatic carbocycles. The van der Waals surface area contributed by atoms with Crippen LogP contribution in [0.5, 0.6) is 0 Å². The van der Waals surface area contributed by atoms with E-state index in [1.165, 1.54) is 6.08 Å². The van der Waals surface area contributed by atoms with Crippen LogP contribution in [0, 0.1) is 5.92 Å². The second kappa shape index (κ2) is 7.29. The van der Waals surface area contributed by atoms with E-state index in [1.54, 1.807) is 20.8 Å². The molecule has 5 heteroatoms. The number of esters is 2. The molecule has 0 spiro atoms. The quantitative estimate of drug-likeness (QED) is 0.538. The van der Waals surface area contributed by atoms with Crippen LogP contribution in [0.2, 0.25) is 0 Å². The Balaban J connectivity index is 4.73. The number of ether oxygens (including phenoxy) is 2. The molecule has 0 aromatic carbocycles. The molecule has 0 aromatic rings. The van der Waals surface area contributed by atoms with Crippen molar-refractivity contribution >= 4 is 23.5 Å². The molecule has 86 valence electrons. The third kappa shape index (κ3) is 4.34. The van der Waals surface area contributed by atoms with E-state index in [9.17, 15) is 9.59 Å². The molecule has 4 nitrogen and oxygen atoms in total. The van der Waals surface area contributed by atoms with Gasteiger partial charge in [0.15, 0.2) is 5.92 Å². The Morgan fingerprint density at radius 2 is 1.60 bits per heavy atom. The number of carbonyl (C=O) groups is 2. The highest BCUT2D eigenvalue weighted by molar-refractivity contribution is 6.33. The van der Waals surface area contributed by atoms with Gasteiger partial charge < -0.3 is 9.47 Å². The highest BCUT2D eigenvalue weighted by Crippen LogP contribution is 2.19. The summed E-state index contributed by atoms with van der Waals surface area (Å²) in [4.78, 5) is 22.8. The van der Waals surface area contributed by atoms with Gasteiger partial charge in [0.2, 0.25) is 0 Å². The van der Waals surface area contributed by atoms with E-state index >= 15 is 0 Å². The molecule has 0 bridgehead atoms. The Labute approximate surface area is 94.2 Å². The van der Waals surface area contributed by atoms with Gasteiger partial charge >= 0.3 is 11.9 Å². The van der Waals surface area contributed by atoms with Crippen LogP contribution in [0.25, 0.3) is 0 Å². The van der Waals surface area contributed by atoms with Gasteiger partial charge in [0.05, 0.1) is 13.2 Å². The Kier molecular flexibility index (Phi) is 6.79. The molecule has 0 aliphatic heterocycles. The van der Waals surface area contributed by atoms with Gasteiger partial charge in [-0.2, -0.15) is 0 Å². The summed E-state index contributed by atoms with van der Waals surface area (Å²) in [7, 11) is 0. The summed E-state index contributed by atoms with van der Waals surface area (Å²) in [6.07, 6.45) is 1.47. The van der Waals surface area contributed by atoms with Gasteiger partial charge in [-0.25, -0.2) is 0 Å². The van der Waals surface area contributed by atoms with E-state index in [4.69, 9.17) is 21.1 Å². The fourth-order valence-corrected chi connectivity index (χ4v) is 1.12. The monoisotopic (exact) mass is 234 g/mol. The summed E-state index contributed by atoms with van der Waals surface area (Å²) in [6, 6.07) is 0. The number of carbonyl (C=O) groups excluding carboxylic acids is 2. The largest absolute Gasteiger partial charge is 0.465 e. The molecule has 0 saturated heterocycles. The first-order valence-corrected chi connectivity index (χ1v) is 5.11. The van der Waals surface area contributed by atoms with E-state index in [2.05, 4.69) is 0 Å². The summed E-state index contributed by atoms with van der Waals surface area (Å²) in [5.74, 6) is -2.52. The first kappa shape index (κ1) is 14.0. The van der Waals surface area contributed by atoms with Crippen molar-refractivity contribution in [2.45, 2.75) is 20.8 Å². The van der Waals surface area contributed by atoms with E-state index in [1.807, 2.05) is 0 Å². The highest BCUT2D eigenvalue weighted by Gasteiger charge is 2.32. The van der Waals surface area contributed by atoms with E-state index in [0.717, 1.165) is 0 Å². The van der Waals surface area contributed by atoms with Gasteiger partial charge in [-0.15, -0.1) is 0 Å². The van der Waals surface area contributed by atoms with Gasteiger partial charge in [-0.3, -0.25) is 9.59 Å². The maximum Gasteiger partial charge on any atom is 0.325 e. The van der Waals surface area contributed by atoms with Crippen molar-refractivity contribution in [3.63, 3.8) is 0 Å². The standard InChI is InChI=1S/C10H15ClO4/c1-4-7(11)8(9(12)14-5-2)10(13)15-6-3/h4,8H,5-6H2,1-3H3/b7-4+. The lowest BCUT2D eigenvalue weighted by Gasteiger charge is -2.13. The second-order valence-electron chi connectivity index (χ2n) is 2.61. The zero-order valence-corrected chi connectivity index (χ0v) is 9.84. The van der Waals surface area contributed by atoms with Gasteiger partial charge in [-0.05, 0) is 20.8 Å². The van der Waals surface area contributed by atoms with Crippen LogP contribution in [0.15, 0.2) is 11.1 Å². The molecule has 0 atom stereocenters. The molecule has 0 unspecified atom stereocenters. The smallest absolute Gasteiger partial charge is 0.325 e. The predicted molar refractivity (Wildman–Crippen MR) is 56.4 cm³/mol. The number of allylic oxidation sites excluding steroid dienone is 1. The number of hydrogen-bond acceptors (Lipinski definition) is 4. The fourth-order valence-electron chi connectivity index (χ4n) is 0.939. The molecule has 0 N–H and O–H groups in total. The van der Waals surface area contributed by atoms with Crippen LogP contribution in [0.4, 0.5) is 0 Å². The Morgan fingerprint density at radius 1 is 1.20 bits per heavy atom. The third-order valence-corrected chi connectivity index (χ3v) is 2.03. The number of rotatable bonds is 5. The lowest BCUT2D eigenvalue weighted by Crippen LogP contribution is -2.28. The third-order valence-electron chi connectivity index (χ3n) is 1.60. The van der Waals surface area contributed by atoms with E-state index < -0.39 is 17.9 Å². The second-order valence-corrected chi connectivity index (χ2v) is 3.05. The summed E-state index contributed by atoms with van der Waals surface area (Å²) < 4.78 is 9.46. The first-order chi connectivity index (χ1) is 7.08. The van der Waals surface area contributed by atoms with Crippen LogP contribution in [-0.4, -0.2) is 25.2 Å². The lowest BCUT2D eigenvalue weighted by atomic mass is 10.1. The van der Waals surface area contributed by atoms with Crippen molar-refractivity contribution in [1.29, 1.82) is 0 Å². The maximum absolute atomic E-state index is 11.4. The molecule has 0 fully saturated rings. The average Bonchev–Trinajstić information content (AvgIpc) is 2.18. The van der Waals surface area contributed by atoms with Gasteiger partial charge in [-0.1, -0.05) is 17.7 Å². The van der Waals surface area contributed by atoms with Crippen molar-refractivity contribution in [1.82, 2.24) is 0 Å². The predicted octanol–water partition coefficient (Wildman–Crippen LogP) is 1.87. The average molecular weight is 235 g/mol. The molecule has 0 heterocycles. The molecular formula is C10H15ClO4. The summed E-state index contributed by atoms with van der Waals surface area (Å²) >= 11 is 5.75. The SMILES string of the molecule is C/C=C(/Cl)C(C(=O)OCC)C(=O)OCC. The topological polar surface area (TPSA) is 52.6 Å². The zero-order valence-electron chi connectivity index (χ0n) is 9.08. The van der Waals surface area contributed by atoms with Crippen LogP contribution in [0.1, 0.15) is 20.8 Å². The molecule has 0 radical (unpaired) electrons. The van der Waals surface area contributed by atoms with Crippen LogP contribution >= 0.6 is 11.6 Å². The van der Waals surface area contributed by atoms with E-state index in [0.29, 0.717) is 0 Å². The first-order valence-electron chi connectivity index (χ1n) is 4.73. The normalized spacial score (nSPS) is 11.4. The van der Waals surface area contributed by atoms with Gasteiger partial charge in [0, 0.05) is 5.03 Å². The van der Waals surface area contributed by atoms with Gasteiger partial charge in [0.1, 0.15) is 0 Å². The minimum Gasteiger partial charge on any atom is -0.465 e. The summed E-state index contributed by atoms with van der Waals surface area (Å²) in [5, 5.41) is 0.118. The minimum absolute atomic E-state index is 0.118. The summed E-state index contributed by atoms with van der Waals surface area (Å²) in [5.41, 5.74) is 0. The van der Waals surface area contributed by atoms with Crippen LogP contribution in [-0.2, 0) is 19.1 Å². The molecule has 0 saturated carbocycles. The van der Waals surface area contributed by atoms with E-state index in [-0.39, 0.29) is 18.2 Å². The van der Waals surface area contributed by atoms with Gasteiger partial charge in [0.25, 0.3) is 0 Å². The number of hydrogen-bond donors (Lipinski definition) is 0. The van der Waals surface area contributed by atoms with Crippen LogP contribution in [0.3, 0.4) is 0 Å². The lowest BCUT2D eigenvalue weighted by molar-refractivity contribution is -0.159. The Bertz CT molecular complexity index is 242. The Hall–Kier alpha value is -1.03. The van der Waals surface area contributed by atoms with Crippen molar-refractivity contribution in [3.05, 3.63) is 11.1 Å². The van der Waals surface area contributed by atoms with Crippen molar-refractivity contribution in [2.75, 3.05) is 13.2 Å².